The van der Waals surface area contributed by atoms with Crippen LogP contribution >= 0.6 is 11.6 Å². The maximum Gasteiger partial charge on any atom is 0.133 e. The third-order valence-electron chi connectivity index (χ3n) is 4.09. The van der Waals surface area contributed by atoms with Gasteiger partial charge in [-0.05, 0) is 19.1 Å². The molecule has 0 amide bonds. The van der Waals surface area contributed by atoms with Crippen molar-refractivity contribution in [2.75, 3.05) is 5.32 Å². The lowest BCUT2D eigenvalue weighted by molar-refractivity contribution is 0.670. The van der Waals surface area contributed by atoms with Crippen LogP contribution in [0.4, 0.5) is 11.6 Å². The van der Waals surface area contributed by atoms with Crippen molar-refractivity contribution < 1.29 is 0 Å². The number of benzene rings is 1. The Hall–Kier alpha value is -2.86. The van der Waals surface area contributed by atoms with Gasteiger partial charge in [0.15, 0.2) is 0 Å². The van der Waals surface area contributed by atoms with E-state index in [2.05, 4.69) is 27.3 Å². The summed E-state index contributed by atoms with van der Waals surface area (Å²) in [6, 6.07) is 11.7. The number of fused-ring (bicyclic) bond motifs is 1. The zero-order valence-corrected chi connectivity index (χ0v) is 14.7. The van der Waals surface area contributed by atoms with E-state index < -0.39 is 0 Å². The predicted molar refractivity (Wildman–Crippen MR) is 100 cm³/mol. The van der Waals surface area contributed by atoms with Gasteiger partial charge >= 0.3 is 0 Å². The molecule has 0 fully saturated rings. The Morgan fingerprint density at radius 3 is 2.68 bits per heavy atom. The molecule has 0 radical (unpaired) electrons. The zero-order valence-electron chi connectivity index (χ0n) is 13.9. The van der Waals surface area contributed by atoms with Gasteiger partial charge in [-0.25, -0.2) is 14.6 Å². The van der Waals surface area contributed by atoms with Crippen molar-refractivity contribution in [2.24, 2.45) is 7.05 Å². The fourth-order valence-electron chi connectivity index (χ4n) is 2.75. The van der Waals surface area contributed by atoms with Crippen molar-refractivity contribution in [3.63, 3.8) is 0 Å². The fourth-order valence-corrected chi connectivity index (χ4v) is 2.88. The van der Waals surface area contributed by atoms with E-state index in [1.54, 1.807) is 12.5 Å². The number of rotatable bonds is 4. The standard InChI is InChI=1S/C18H17ClN6/c1-3-25-18(8-14(23-25)12-4-6-13(19)7-5-12)22-17-9-16-15(10-20-17)21-11-24(16)2/h4-11H,3H2,1-2H3,(H,20,22). The first-order valence-electron chi connectivity index (χ1n) is 8.02. The first-order valence-corrected chi connectivity index (χ1v) is 8.39. The molecule has 0 aliphatic heterocycles. The van der Waals surface area contributed by atoms with E-state index in [0.29, 0.717) is 5.02 Å². The van der Waals surface area contributed by atoms with Crippen molar-refractivity contribution in [2.45, 2.75) is 13.5 Å². The molecular weight excluding hydrogens is 336 g/mol. The zero-order chi connectivity index (χ0) is 17.4. The first kappa shape index (κ1) is 15.7. The summed E-state index contributed by atoms with van der Waals surface area (Å²) in [6.45, 7) is 2.81. The average molecular weight is 353 g/mol. The van der Waals surface area contributed by atoms with Crippen molar-refractivity contribution in [1.29, 1.82) is 0 Å². The van der Waals surface area contributed by atoms with E-state index in [1.807, 2.05) is 52.7 Å². The minimum Gasteiger partial charge on any atom is -0.334 e. The summed E-state index contributed by atoms with van der Waals surface area (Å²) in [4.78, 5) is 8.73. The van der Waals surface area contributed by atoms with Gasteiger partial charge in [-0.3, -0.25) is 0 Å². The lowest BCUT2D eigenvalue weighted by atomic mass is 10.1. The molecule has 4 aromatic rings. The van der Waals surface area contributed by atoms with Crippen LogP contribution in [0, 0.1) is 0 Å². The summed E-state index contributed by atoms with van der Waals surface area (Å²) in [5, 5.41) is 8.73. The molecule has 0 unspecified atom stereocenters. The van der Waals surface area contributed by atoms with Gasteiger partial charge in [0, 0.05) is 36.3 Å². The van der Waals surface area contributed by atoms with Crippen LogP contribution in [-0.4, -0.2) is 24.3 Å². The highest BCUT2D eigenvalue weighted by Crippen LogP contribution is 2.26. The maximum absolute atomic E-state index is 5.97. The second-order valence-corrected chi connectivity index (χ2v) is 6.21. The quantitative estimate of drug-likeness (QED) is 0.596. The normalized spacial score (nSPS) is 11.2. The Bertz CT molecular complexity index is 1030. The highest BCUT2D eigenvalue weighted by atomic mass is 35.5. The van der Waals surface area contributed by atoms with Crippen LogP contribution in [0.1, 0.15) is 6.92 Å². The van der Waals surface area contributed by atoms with E-state index in [4.69, 9.17) is 11.6 Å². The first-order chi connectivity index (χ1) is 12.1. The molecule has 25 heavy (non-hydrogen) atoms. The molecular formula is C18H17ClN6. The third kappa shape index (κ3) is 2.96. The number of nitrogens with one attached hydrogen (secondary N) is 1. The molecule has 0 atom stereocenters. The Morgan fingerprint density at radius 2 is 1.92 bits per heavy atom. The number of halogens is 1. The predicted octanol–water partition coefficient (Wildman–Crippen LogP) is 4.25. The number of anilines is 2. The van der Waals surface area contributed by atoms with E-state index >= 15 is 0 Å². The van der Waals surface area contributed by atoms with Gasteiger partial charge < -0.3 is 9.88 Å². The van der Waals surface area contributed by atoms with Gasteiger partial charge in [0.25, 0.3) is 0 Å². The Kier molecular flexibility index (Phi) is 3.89. The van der Waals surface area contributed by atoms with Crippen LogP contribution in [0.15, 0.2) is 48.9 Å². The summed E-state index contributed by atoms with van der Waals surface area (Å²) >= 11 is 5.97. The SMILES string of the molecule is CCn1nc(-c2ccc(Cl)cc2)cc1Nc1cc2c(cn1)ncn2C. The molecule has 0 spiro atoms. The van der Waals surface area contributed by atoms with Crippen LogP contribution in [0.5, 0.6) is 0 Å². The van der Waals surface area contributed by atoms with E-state index in [1.165, 1.54) is 0 Å². The highest BCUT2D eigenvalue weighted by Gasteiger charge is 2.10. The van der Waals surface area contributed by atoms with Crippen LogP contribution in [0.2, 0.25) is 5.02 Å². The van der Waals surface area contributed by atoms with E-state index in [0.717, 1.165) is 40.5 Å². The van der Waals surface area contributed by atoms with Gasteiger partial charge in [-0.15, -0.1) is 0 Å². The largest absolute Gasteiger partial charge is 0.334 e. The topological polar surface area (TPSA) is 60.6 Å². The van der Waals surface area contributed by atoms with Crippen LogP contribution in [0.3, 0.4) is 0 Å². The molecule has 0 bridgehead atoms. The molecule has 126 valence electrons. The molecule has 0 aliphatic rings. The highest BCUT2D eigenvalue weighted by molar-refractivity contribution is 6.30. The molecule has 4 rings (SSSR count). The van der Waals surface area contributed by atoms with Crippen LogP contribution in [0.25, 0.3) is 22.3 Å². The van der Waals surface area contributed by atoms with Crippen LogP contribution < -0.4 is 5.32 Å². The van der Waals surface area contributed by atoms with Crippen molar-refractivity contribution in [3.8, 4) is 11.3 Å². The van der Waals surface area contributed by atoms with Gasteiger partial charge in [0.05, 0.1) is 23.7 Å². The Labute approximate surface area is 150 Å². The molecule has 3 heterocycles. The fraction of sp³-hybridized carbons (Fsp3) is 0.167. The summed E-state index contributed by atoms with van der Waals surface area (Å²) in [5.74, 6) is 1.65. The maximum atomic E-state index is 5.97. The van der Waals surface area contributed by atoms with Crippen molar-refractivity contribution in [3.05, 3.63) is 53.9 Å². The number of aromatic nitrogens is 5. The van der Waals surface area contributed by atoms with Gasteiger partial charge in [0.1, 0.15) is 17.2 Å². The molecule has 1 aromatic carbocycles. The third-order valence-corrected chi connectivity index (χ3v) is 4.34. The second kappa shape index (κ2) is 6.22. The van der Waals surface area contributed by atoms with Gasteiger partial charge in [-0.2, -0.15) is 5.10 Å². The average Bonchev–Trinajstić information content (AvgIpc) is 3.19. The molecule has 0 saturated carbocycles. The monoisotopic (exact) mass is 352 g/mol. The lowest BCUT2D eigenvalue weighted by Gasteiger charge is -2.07. The summed E-state index contributed by atoms with van der Waals surface area (Å²) in [7, 11) is 1.97. The lowest BCUT2D eigenvalue weighted by Crippen LogP contribution is -2.03. The summed E-state index contributed by atoms with van der Waals surface area (Å²) < 4.78 is 3.89. The number of aryl methyl sites for hydroxylation is 2. The van der Waals surface area contributed by atoms with E-state index in [9.17, 15) is 0 Å². The Balaban J connectivity index is 1.69. The molecule has 0 saturated heterocycles. The molecule has 0 aliphatic carbocycles. The second-order valence-electron chi connectivity index (χ2n) is 5.78. The van der Waals surface area contributed by atoms with Crippen molar-refractivity contribution >= 4 is 34.3 Å². The van der Waals surface area contributed by atoms with Crippen LogP contribution in [-0.2, 0) is 13.6 Å². The van der Waals surface area contributed by atoms with Gasteiger partial charge in [-0.1, -0.05) is 23.7 Å². The summed E-state index contributed by atoms with van der Waals surface area (Å²) in [6.07, 6.45) is 3.55. The smallest absolute Gasteiger partial charge is 0.133 e. The molecule has 6 nitrogen and oxygen atoms in total. The minimum absolute atomic E-state index is 0.714. The Morgan fingerprint density at radius 1 is 1.12 bits per heavy atom. The molecule has 3 aromatic heterocycles. The number of hydrogen-bond acceptors (Lipinski definition) is 4. The van der Waals surface area contributed by atoms with Crippen molar-refractivity contribution in [1.82, 2.24) is 24.3 Å². The number of imidazole rings is 1. The number of pyridine rings is 1. The molecule has 7 heteroatoms. The molecule has 1 N–H and O–H groups in total. The van der Waals surface area contributed by atoms with E-state index in [-0.39, 0.29) is 0 Å². The number of hydrogen-bond donors (Lipinski definition) is 1. The van der Waals surface area contributed by atoms with Gasteiger partial charge in [0.2, 0.25) is 0 Å². The summed E-state index contributed by atoms with van der Waals surface area (Å²) in [5.41, 5.74) is 3.81. The minimum atomic E-state index is 0.714. The number of nitrogens with zero attached hydrogens (tertiary/aromatic N) is 5.